The molecule has 9 nitrogen and oxygen atoms in total. The fraction of sp³-hybridized carbons (Fsp3) is 0.394. The van der Waals surface area contributed by atoms with Crippen LogP contribution in [0.4, 0.5) is 0 Å². The predicted octanol–water partition coefficient (Wildman–Crippen LogP) is 3.89. The maximum atomic E-state index is 13.8. The van der Waals surface area contributed by atoms with Crippen molar-refractivity contribution in [3.63, 3.8) is 0 Å². The average Bonchev–Trinajstić information content (AvgIpc) is 3.03. The molecule has 0 bridgehead atoms. The molecule has 1 aliphatic rings. The summed E-state index contributed by atoms with van der Waals surface area (Å²) in [5.74, 6) is 0.216. The highest BCUT2D eigenvalue weighted by Crippen LogP contribution is 2.21. The molecule has 10 heteroatoms. The molecule has 3 aromatic rings. The Balaban J connectivity index is 1.52. The zero-order chi connectivity index (χ0) is 30.7. The summed E-state index contributed by atoms with van der Waals surface area (Å²) in [5.41, 5.74) is 1.83. The molecule has 0 aliphatic carbocycles. The van der Waals surface area contributed by atoms with Gasteiger partial charge in [0.2, 0.25) is 15.9 Å². The van der Waals surface area contributed by atoms with Gasteiger partial charge in [-0.15, -0.1) is 0 Å². The summed E-state index contributed by atoms with van der Waals surface area (Å²) < 4.78 is 38.4. The van der Waals surface area contributed by atoms with Gasteiger partial charge < -0.3 is 19.7 Å². The number of carbonyl (C=O) groups is 2. The first kappa shape index (κ1) is 32.2. The van der Waals surface area contributed by atoms with Gasteiger partial charge in [-0.1, -0.05) is 74.5 Å². The molecule has 1 aliphatic heterocycles. The number of nitrogens with zero attached hydrogens (tertiary/aromatic N) is 2. The topological polar surface area (TPSA) is 105 Å². The Labute approximate surface area is 254 Å². The summed E-state index contributed by atoms with van der Waals surface area (Å²) >= 11 is 0. The first-order valence-corrected chi connectivity index (χ1v) is 16.1. The number of benzene rings is 3. The van der Waals surface area contributed by atoms with Gasteiger partial charge in [-0.05, 0) is 47.7 Å². The fourth-order valence-electron chi connectivity index (χ4n) is 4.81. The van der Waals surface area contributed by atoms with E-state index in [4.69, 9.17) is 9.47 Å². The Morgan fingerprint density at radius 2 is 1.51 bits per heavy atom. The third kappa shape index (κ3) is 9.38. The Bertz CT molecular complexity index is 1410. The highest BCUT2D eigenvalue weighted by molar-refractivity contribution is 7.89. The van der Waals surface area contributed by atoms with E-state index in [1.54, 1.807) is 17.0 Å². The van der Waals surface area contributed by atoms with Crippen molar-refractivity contribution in [1.82, 2.24) is 14.5 Å². The Kier molecular flexibility index (Phi) is 11.7. The van der Waals surface area contributed by atoms with E-state index < -0.39 is 16.1 Å². The molecule has 1 atom stereocenters. The van der Waals surface area contributed by atoms with Crippen molar-refractivity contribution in [1.29, 1.82) is 0 Å². The third-order valence-electron chi connectivity index (χ3n) is 7.28. The standard InChI is InChI=1S/C33H41N3O6S/c1-26(2)17-18-34-33(38)31(23-27-9-5-3-6-10-27)36(24-28-11-7-4-8-12-28)32(37)25-42-29-13-15-30(16-14-29)43(39,40)35-19-21-41-22-20-35/h3-16,26,31H,17-25H2,1-2H3,(H,34,38)/t31-/m0/s1. The lowest BCUT2D eigenvalue weighted by molar-refractivity contribution is -0.142. The molecular weight excluding hydrogens is 566 g/mol. The molecule has 0 aromatic heterocycles. The minimum absolute atomic E-state index is 0.153. The van der Waals surface area contributed by atoms with Crippen molar-refractivity contribution in [3.8, 4) is 5.75 Å². The number of hydrogen-bond acceptors (Lipinski definition) is 6. The van der Waals surface area contributed by atoms with Gasteiger partial charge in [0, 0.05) is 32.6 Å². The van der Waals surface area contributed by atoms with Gasteiger partial charge in [-0.25, -0.2) is 8.42 Å². The van der Waals surface area contributed by atoms with E-state index in [0.717, 1.165) is 17.5 Å². The predicted molar refractivity (Wildman–Crippen MR) is 165 cm³/mol. The Hall–Kier alpha value is -3.73. The summed E-state index contributed by atoms with van der Waals surface area (Å²) in [4.78, 5) is 29.1. The maximum Gasteiger partial charge on any atom is 0.261 e. The number of ether oxygens (including phenoxy) is 2. The third-order valence-corrected chi connectivity index (χ3v) is 9.19. The highest BCUT2D eigenvalue weighted by atomic mass is 32.2. The molecule has 0 radical (unpaired) electrons. The first-order chi connectivity index (χ1) is 20.7. The van der Waals surface area contributed by atoms with Crippen molar-refractivity contribution >= 4 is 21.8 Å². The summed E-state index contributed by atoms with van der Waals surface area (Å²) in [7, 11) is -3.64. The second-order valence-electron chi connectivity index (χ2n) is 11.0. The van der Waals surface area contributed by atoms with E-state index in [0.29, 0.717) is 50.9 Å². The summed E-state index contributed by atoms with van der Waals surface area (Å²) in [6.07, 6.45) is 1.18. The molecule has 0 spiro atoms. The van der Waals surface area contributed by atoms with E-state index in [2.05, 4.69) is 19.2 Å². The molecule has 0 saturated carbocycles. The Morgan fingerprint density at radius 1 is 0.907 bits per heavy atom. The van der Waals surface area contributed by atoms with Crippen molar-refractivity contribution in [2.45, 2.75) is 44.2 Å². The second-order valence-corrected chi connectivity index (χ2v) is 12.9. The van der Waals surface area contributed by atoms with Gasteiger partial charge in [0.25, 0.3) is 5.91 Å². The van der Waals surface area contributed by atoms with Crippen LogP contribution in [-0.4, -0.2) is 74.9 Å². The molecule has 0 unspecified atom stereocenters. The molecule has 1 N–H and O–H groups in total. The largest absolute Gasteiger partial charge is 0.484 e. The van der Waals surface area contributed by atoms with Crippen LogP contribution in [0.3, 0.4) is 0 Å². The lowest BCUT2D eigenvalue weighted by atomic mass is 10.0. The number of carbonyl (C=O) groups excluding carboxylic acids is 2. The number of sulfonamides is 1. The normalized spacial score (nSPS) is 14.7. The van der Waals surface area contributed by atoms with Crippen LogP contribution in [0, 0.1) is 5.92 Å². The van der Waals surface area contributed by atoms with Crippen LogP contribution in [0.2, 0.25) is 0 Å². The number of nitrogens with one attached hydrogen (secondary N) is 1. The van der Waals surface area contributed by atoms with Crippen LogP contribution in [-0.2, 0) is 37.3 Å². The van der Waals surface area contributed by atoms with Gasteiger partial charge in [0.05, 0.1) is 18.1 Å². The zero-order valence-electron chi connectivity index (χ0n) is 24.9. The molecule has 230 valence electrons. The second kappa shape index (κ2) is 15.7. The quantitative estimate of drug-likeness (QED) is 0.298. The summed E-state index contributed by atoms with van der Waals surface area (Å²) in [6, 6.07) is 24.5. The summed E-state index contributed by atoms with van der Waals surface area (Å²) in [5, 5.41) is 3.03. The van der Waals surface area contributed by atoms with Gasteiger partial charge in [0.1, 0.15) is 11.8 Å². The van der Waals surface area contributed by atoms with Crippen LogP contribution in [0.25, 0.3) is 0 Å². The fourth-order valence-corrected chi connectivity index (χ4v) is 6.22. The van der Waals surface area contributed by atoms with E-state index in [1.165, 1.54) is 16.4 Å². The van der Waals surface area contributed by atoms with Crippen LogP contribution in [0.1, 0.15) is 31.4 Å². The molecule has 1 saturated heterocycles. The number of hydrogen-bond donors (Lipinski definition) is 1. The van der Waals surface area contributed by atoms with Gasteiger partial charge in [0.15, 0.2) is 6.61 Å². The van der Waals surface area contributed by atoms with Gasteiger partial charge >= 0.3 is 0 Å². The van der Waals surface area contributed by atoms with Crippen molar-refractivity contribution in [2.75, 3.05) is 39.5 Å². The number of morpholine rings is 1. The average molecular weight is 608 g/mol. The lowest BCUT2D eigenvalue weighted by Gasteiger charge is -2.31. The zero-order valence-corrected chi connectivity index (χ0v) is 25.7. The van der Waals surface area contributed by atoms with Gasteiger partial charge in [-0.3, -0.25) is 9.59 Å². The number of rotatable bonds is 14. The van der Waals surface area contributed by atoms with Crippen molar-refractivity contribution < 1.29 is 27.5 Å². The van der Waals surface area contributed by atoms with Crippen LogP contribution >= 0.6 is 0 Å². The number of amides is 2. The van der Waals surface area contributed by atoms with E-state index in [9.17, 15) is 18.0 Å². The summed E-state index contributed by atoms with van der Waals surface area (Å²) in [6.45, 7) is 5.98. The van der Waals surface area contributed by atoms with E-state index in [-0.39, 0.29) is 29.9 Å². The minimum Gasteiger partial charge on any atom is -0.484 e. The van der Waals surface area contributed by atoms with E-state index >= 15 is 0 Å². The lowest BCUT2D eigenvalue weighted by Crippen LogP contribution is -2.52. The molecule has 43 heavy (non-hydrogen) atoms. The monoisotopic (exact) mass is 607 g/mol. The molecule has 2 amide bonds. The Morgan fingerprint density at radius 3 is 2.12 bits per heavy atom. The molecular formula is C33H41N3O6S. The molecule has 3 aromatic carbocycles. The van der Waals surface area contributed by atoms with E-state index in [1.807, 2.05) is 60.7 Å². The highest BCUT2D eigenvalue weighted by Gasteiger charge is 2.31. The minimum atomic E-state index is -3.64. The first-order valence-electron chi connectivity index (χ1n) is 14.7. The maximum absolute atomic E-state index is 13.8. The smallest absolute Gasteiger partial charge is 0.261 e. The van der Waals surface area contributed by atoms with Crippen LogP contribution in [0.5, 0.6) is 5.75 Å². The SMILES string of the molecule is CC(C)CCNC(=O)[C@H](Cc1ccccc1)N(Cc1ccccc1)C(=O)COc1ccc(S(=O)(=O)N2CCOCC2)cc1. The van der Waals surface area contributed by atoms with Crippen LogP contribution in [0.15, 0.2) is 89.8 Å². The molecule has 1 heterocycles. The van der Waals surface area contributed by atoms with Crippen molar-refractivity contribution in [3.05, 3.63) is 96.1 Å². The van der Waals surface area contributed by atoms with Crippen LogP contribution < -0.4 is 10.1 Å². The molecule has 4 rings (SSSR count). The van der Waals surface area contributed by atoms with Crippen molar-refractivity contribution in [2.24, 2.45) is 5.92 Å². The van der Waals surface area contributed by atoms with Gasteiger partial charge in [-0.2, -0.15) is 4.31 Å². The molecule has 1 fully saturated rings.